The topological polar surface area (TPSA) is 10.9 Å². The average Bonchev–Trinajstić information content (AvgIpc) is 3.98. The molecule has 0 aliphatic heterocycles. The minimum atomic E-state index is 1.14. The monoisotopic (exact) mass is 737 g/mol. The quantitative estimate of drug-likeness (QED) is 0.168. The number of rotatable bonds is 6. The SMILES string of the molecule is c1ccc(N(c2ccccc2)c2ccc3cc4c(cc3c2)sc2c4c3ccc(N(c4ccccc4)c4ccccc4)c4c5sc6ccccc6c5n2c34)cc1. The van der Waals surface area contributed by atoms with E-state index in [0.29, 0.717) is 0 Å². The Bertz CT molecular complexity index is 3290. The molecule has 258 valence electrons. The first-order valence-corrected chi connectivity index (χ1v) is 20.2. The van der Waals surface area contributed by atoms with E-state index in [-0.39, 0.29) is 0 Å². The van der Waals surface area contributed by atoms with Gasteiger partial charge in [0.05, 0.1) is 21.4 Å². The van der Waals surface area contributed by atoms with Crippen LogP contribution < -0.4 is 9.80 Å². The summed E-state index contributed by atoms with van der Waals surface area (Å²) >= 11 is 3.83. The summed E-state index contributed by atoms with van der Waals surface area (Å²) in [6.45, 7) is 0. The molecule has 55 heavy (non-hydrogen) atoms. The fourth-order valence-corrected chi connectivity index (χ4v) is 11.2. The first-order valence-electron chi connectivity index (χ1n) is 18.6. The summed E-state index contributed by atoms with van der Waals surface area (Å²) < 4.78 is 6.55. The van der Waals surface area contributed by atoms with Crippen LogP contribution in [0.3, 0.4) is 0 Å². The predicted molar refractivity (Wildman–Crippen MR) is 239 cm³/mol. The molecule has 0 radical (unpaired) electrons. The Morgan fingerprint density at radius 1 is 0.364 bits per heavy atom. The number of para-hydroxylation sites is 4. The van der Waals surface area contributed by atoms with Crippen LogP contribution in [0.2, 0.25) is 0 Å². The van der Waals surface area contributed by atoms with Crippen molar-refractivity contribution < 1.29 is 0 Å². The van der Waals surface area contributed by atoms with Crippen molar-refractivity contribution in [1.82, 2.24) is 4.40 Å². The van der Waals surface area contributed by atoms with Crippen molar-refractivity contribution in [2.75, 3.05) is 9.80 Å². The number of thiophene rings is 2. The van der Waals surface area contributed by atoms with Crippen LogP contribution in [0.1, 0.15) is 0 Å². The fourth-order valence-electron chi connectivity index (χ4n) is 8.72. The van der Waals surface area contributed by atoms with Crippen molar-refractivity contribution in [3.63, 3.8) is 0 Å². The third kappa shape index (κ3) is 4.54. The molecule has 0 aliphatic rings. The molecule has 0 saturated heterocycles. The van der Waals surface area contributed by atoms with Gasteiger partial charge < -0.3 is 9.80 Å². The summed E-state index contributed by atoms with van der Waals surface area (Å²) in [6, 6.07) is 68.3. The Morgan fingerprint density at radius 2 is 0.964 bits per heavy atom. The Morgan fingerprint density at radius 3 is 1.62 bits per heavy atom. The highest BCUT2D eigenvalue weighted by molar-refractivity contribution is 7.27. The molecule has 0 spiro atoms. The summed E-state index contributed by atoms with van der Waals surface area (Å²) in [5.41, 5.74) is 9.53. The highest BCUT2D eigenvalue weighted by atomic mass is 32.1. The Kier molecular flexibility index (Phi) is 6.67. The van der Waals surface area contributed by atoms with Crippen LogP contribution >= 0.6 is 22.7 Å². The third-order valence-electron chi connectivity index (χ3n) is 11.0. The van der Waals surface area contributed by atoms with Crippen LogP contribution in [0, 0.1) is 0 Å². The molecule has 8 aromatic carbocycles. The van der Waals surface area contributed by atoms with Gasteiger partial charge in [0.15, 0.2) is 0 Å². The lowest BCUT2D eigenvalue weighted by molar-refractivity contribution is 1.29. The van der Waals surface area contributed by atoms with E-state index in [0.717, 1.165) is 28.4 Å². The van der Waals surface area contributed by atoms with E-state index in [2.05, 4.69) is 202 Å². The van der Waals surface area contributed by atoms with Crippen molar-refractivity contribution in [3.05, 3.63) is 188 Å². The Labute approximate surface area is 325 Å². The van der Waals surface area contributed by atoms with Crippen LogP contribution in [-0.2, 0) is 0 Å². The smallest absolute Gasteiger partial charge is 0.109 e. The second-order valence-corrected chi connectivity index (χ2v) is 16.2. The zero-order valence-corrected chi connectivity index (χ0v) is 31.2. The van der Waals surface area contributed by atoms with Gasteiger partial charge in [-0.25, -0.2) is 0 Å². The molecule has 3 nitrogen and oxygen atoms in total. The van der Waals surface area contributed by atoms with E-state index in [9.17, 15) is 0 Å². The van der Waals surface area contributed by atoms with Gasteiger partial charge in [-0.1, -0.05) is 103 Å². The lowest BCUT2D eigenvalue weighted by Gasteiger charge is -2.26. The van der Waals surface area contributed by atoms with Crippen molar-refractivity contribution in [1.29, 1.82) is 0 Å². The highest BCUT2D eigenvalue weighted by Crippen LogP contribution is 2.53. The van der Waals surface area contributed by atoms with E-state index < -0.39 is 0 Å². The zero-order valence-electron chi connectivity index (χ0n) is 29.6. The van der Waals surface area contributed by atoms with Crippen LogP contribution in [0.5, 0.6) is 0 Å². The normalized spacial score (nSPS) is 12.0. The first kappa shape index (κ1) is 30.8. The molecular weight excluding hydrogens is 707 g/mol. The van der Waals surface area contributed by atoms with Gasteiger partial charge in [0.25, 0.3) is 0 Å². The predicted octanol–water partition coefficient (Wildman–Crippen LogP) is 15.4. The summed E-state index contributed by atoms with van der Waals surface area (Å²) in [6.07, 6.45) is 0. The van der Waals surface area contributed by atoms with E-state index in [4.69, 9.17) is 0 Å². The van der Waals surface area contributed by atoms with Crippen LogP contribution in [0.4, 0.5) is 34.1 Å². The van der Waals surface area contributed by atoms with Crippen LogP contribution in [0.15, 0.2) is 188 Å². The molecule has 0 unspecified atom stereocenters. The number of nitrogens with zero attached hydrogens (tertiary/aromatic N) is 3. The molecule has 12 aromatic rings. The van der Waals surface area contributed by atoms with Crippen molar-refractivity contribution in [2.45, 2.75) is 0 Å². The molecule has 0 fully saturated rings. The number of aromatic nitrogens is 1. The summed E-state index contributed by atoms with van der Waals surface area (Å²) in [5.74, 6) is 0. The highest BCUT2D eigenvalue weighted by Gasteiger charge is 2.28. The second-order valence-electron chi connectivity index (χ2n) is 14.1. The van der Waals surface area contributed by atoms with Gasteiger partial charge in [-0.05, 0) is 95.7 Å². The van der Waals surface area contributed by atoms with Gasteiger partial charge in [-0.15, -0.1) is 22.7 Å². The minimum Gasteiger partial charge on any atom is -0.310 e. The molecule has 4 heterocycles. The number of fused-ring (bicyclic) bond motifs is 11. The molecular formula is C50H31N3S2. The molecule has 4 aromatic heterocycles. The van der Waals surface area contributed by atoms with Gasteiger partial charge in [0.1, 0.15) is 4.83 Å². The summed E-state index contributed by atoms with van der Waals surface area (Å²) in [4.78, 5) is 6.08. The number of hydrogen-bond donors (Lipinski definition) is 0. The maximum atomic E-state index is 2.60. The molecule has 0 aliphatic carbocycles. The van der Waals surface area contributed by atoms with Crippen molar-refractivity contribution >= 4 is 124 Å². The largest absolute Gasteiger partial charge is 0.310 e. The molecule has 0 N–H and O–H groups in total. The van der Waals surface area contributed by atoms with Crippen molar-refractivity contribution in [2.24, 2.45) is 0 Å². The molecule has 0 saturated carbocycles. The fraction of sp³-hybridized carbons (Fsp3) is 0. The lowest BCUT2D eigenvalue weighted by Crippen LogP contribution is -2.10. The van der Waals surface area contributed by atoms with Crippen molar-refractivity contribution in [3.8, 4) is 0 Å². The number of benzene rings is 8. The van der Waals surface area contributed by atoms with Crippen LogP contribution in [-0.4, -0.2) is 4.40 Å². The van der Waals surface area contributed by atoms with Gasteiger partial charge in [0, 0.05) is 64.8 Å². The van der Waals surface area contributed by atoms with E-state index >= 15 is 0 Å². The standard InChI is InChI=1S/C50H31N3S2/c1-5-15-34(16-6-1)51(35-17-7-2-8-18-35)38-26-25-32-30-41-44(31-33(32)29-38)55-50-45(41)40-27-28-42(52(36-19-9-3-10-20-36)37-21-11-4-12-22-37)46-47(40)53(50)48-39-23-13-14-24-43(39)54-49(46)48/h1-31H. The van der Waals surface area contributed by atoms with Gasteiger partial charge in [-0.2, -0.15) is 0 Å². The maximum absolute atomic E-state index is 2.60. The number of anilines is 6. The zero-order chi connectivity index (χ0) is 36.0. The molecule has 0 atom stereocenters. The van der Waals surface area contributed by atoms with Crippen LogP contribution in [0.25, 0.3) is 67.7 Å². The Hall–Kier alpha value is -6.66. The van der Waals surface area contributed by atoms with Gasteiger partial charge in [-0.3, -0.25) is 4.40 Å². The molecule has 0 bridgehead atoms. The lowest BCUT2D eigenvalue weighted by atomic mass is 10.0. The average molecular weight is 738 g/mol. The minimum absolute atomic E-state index is 1.14. The maximum Gasteiger partial charge on any atom is 0.109 e. The third-order valence-corrected chi connectivity index (χ3v) is 13.4. The Balaban J connectivity index is 1.13. The first-order chi connectivity index (χ1) is 27.3. The summed E-state index contributed by atoms with van der Waals surface area (Å²) in [5, 5.41) is 9.07. The summed E-state index contributed by atoms with van der Waals surface area (Å²) in [7, 11) is 0. The second kappa shape index (κ2) is 11.9. The van der Waals surface area contributed by atoms with Gasteiger partial charge >= 0.3 is 0 Å². The molecule has 5 heteroatoms. The molecule has 12 rings (SSSR count). The van der Waals surface area contributed by atoms with E-state index in [1.165, 1.54) is 73.4 Å². The van der Waals surface area contributed by atoms with E-state index in [1.807, 2.05) is 22.7 Å². The number of hydrogen-bond acceptors (Lipinski definition) is 4. The van der Waals surface area contributed by atoms with Gasteiger partial charge in [0.2, 0.25) is 0 Å². The van der Waals surface area contributed by atoms with E-state index in [1.54, 1.807) is 0 Å². The molecule has 0 amide bonds.